The van der Waals surface area contributed by atoms with Gasteiger partial charge in [-0.05, 0) is 86.5 Å². The first-order chi connectivity index (χ1) is 18.0. The van der Waals surface area contributed by atoms with E-state index in [1.807, 2.05) is 62.4 Å². The van der Waals surface area contributed by atoms with Crippen molar-refractivity contribution in [2.45, 2.75) is 26.2 Å². The van der Waals surface area contributed by atoms with Gasteiger partial charge >= 0.3 is 12.4 Å². The van der Waals surface area contributed by atoms with Crippen LogP contribution in [0.25, 0.3) is 0 Å². The molecule has 4 rings (SSSR count). The Hall–Kier alpha value is -2.68. The zero-order valence-corrected chi connectivity index (χ0v) is 22.6. The molecule has 0 spiro atoms. The minimum absolute atomic E-state index is 0.0729. The van der Waals surface area contributed by atoms with E-state index in [1.165, 1.54) is 36.4 Å². The quantitative estimate of drug-likeness (QED) is 0.159. The maximum atomic E-state index is 14.1. The largest absolute Gasteiger partial charge is 0.417 e. The van der Waals surface area contributed by atoms with Crippen molar-refractivity contribution >= 4 is 37.1 Å². The van der Waals surface area contributed by atoms with E-state index in [9.17, 15) is 26.3 Å². The number of aryl methyl sites for hydroxylation is 2. The number of hydrogen-bond acceptors (Lipinski definition) is 0. The fraction of sp³-hybridized carbons (Fsp3) is 0.200. The zero-order chi connectivity index (χ0) is 27.5. The lowest BCUT2D eigenvalue weighted by atomic mass is 10.2. The molecule has 0 N–H and O–H groups in total. The van der Waals surface area contributed by atoms with Crippen LogP contribution in [-0.2, 0) is 12.4 Å². The summed E-state index contributed by atoms with van der Waals surface area (Å²) in [5, 5.41) is 2.02. The molecular weight excluding hydrogens is 536 g/mol. The van der Waals surface area contributed by atoms with Gasteiger partial charge < -0.3 is 0 Å². The molecule has 0 aromatic heterocycles. The molecule has 4 aromatic carbocycles. The molecule has 0 aliphatic carbocycles. The van der Waals surface area contributed by atoms with Crippen LogP contribution in [0.5, 0.6) is 0 Å². The number of rotatable bonds is 7. The van der Waals surface area contributed by atoms with Crippen LogP contribution in [0.15, 0.2) is 97.1 Å². The summed E-state index contributed by atoms with van der Waals surface area (Å²) in [4.78, 5) is 0. The molecule has 0 radical (unpaired) electrons. The highest BCUT2D eigenvalue weighted by Gasteiger charge is 2.39. The second-order valence-corrected chi connectivity index (χ2v) is 13.4. The first-order valence-electron chi connectivity index (χ1n) is 12.0. The summed E-state index contributed by atoms with van der Waals surface area (Å²) in [5.74, 6) is 0. The van der Waals surface area contributed by atoms with Crippen molar-refractivity contribution in [2.24, 2.45) is 0 Å². The maximum Gasteiger partial charge on any atom is 0.417 e. The third kappa shape index (κ3) is 6.30. The third-order valence-corrected chi connectivity index (χ3v) is 12.2. The molecule has 4 aromatic rings. The van der Waals surface area contributed by atoms with Gasteiger partial charge in [-0.2, -0.15) is 26.3 Å². The third-order valence-electron chi connectivity index (χ3n) is 6.36. The van der Waals surface area contributed by atoms with Crippen LogP contribution in [0.1, 0.15) is 22.3 Å². The Morgan fingerprint density at radius 1 is 0.447 bits per heavy atom. The standard InChI is InChI=1S/C30H26F6P2/c1-21-11-3-7-15-25(21)37(26-16-8-4-12-22(26)2)19-20-38(27-17-9-5-13-23(27)29(31,32)33)28-18-10-6-14-24(28)30(34,35)36/h3-18H,19-20H2,1-2H3. The van der Waals surface area contributed by atoms with E-state index in [2.05, 4.69) is 0 Å². The van der Waals surface area contributed by atoms with Crippen LogP contribution in [0, 0.1) is 13.8 Å². The van der Waals surface area contributed by atoms with Crippen LogP contribution >= 0.6 is 15.8 Å². The smallest absolute Gasteiger partial charge is 0.166 e. The Bertz CT molecular complexity index is 1290. The Kier molecular flexibility index (Phi) is 8.65. The summed E-state index contributed by atoms with van der Waals surface area (Å²) < 4.78 is 84.5. The molecule has 0 amide bonds. The predicted molar refractivity (Wildman–Crippen MR) is 147 cm³/mol. The summed E-state index contributed by atoms with van der Waals surface area (Å²) in [7, 11) is -3.00. The summed E-state index contributed by atoms with van der Waals surface area (Å²) >= 11 is 0. The van der Waals surface area contributed by atoms with E-state index < -0.39 is 39.3 Å². The first-order valence-corrected chi connectivity index (χ1v) is 15.0. The van der Waals surface area contributed by atoms with Gasteiger partial charge in [-0.25, -0.2) is 0 Å². The number of halogens is 6. The molecule has 198 valence electrons. The molecule has 0 saturated carbocycles. The normalized spacial score (nSPS) is 12.4. The summed E-state index contributed by atoms with van der Waals surface area (Å²) in [6.07, 6.45) is -8.72. The average molecular weight is 562 g/mol. The lowest BCUT2D eigenvalue weighted by Crippen LogP contribution is -2.28. The fourth-order valence-electron chi connectivity index (χ4n) is 4.57. The van der Waals surface area contributed by atoms with Crippen molar-refractivity contribution in [2.75, 3.05) is 12.3 Å². The number of alkyl halides is 6. The first kappa shape index (κ1) is 28.3. The van der Waals surface area contributed by atoms with Gasteiger partial charge in [-0.15, -0.1) is 0 Å². The summed E-state index contributed by atoms with van der Waals surface area (Å²) in [6.45, 7) is 3.98. The number of hydrogen-bond donors (Lipinski definition) is 0. The van der Waals surface area contributed by atoms with Gasteiger partial charge in [0, 0.05) is 0 Å². The van der Waals surface area contributed by atoms with Crippen molar-refractivity contribution in [3.63, 3.8) is 0 Å². The van der Waals surface area contributed by atoms with E-state index in [4.69, 9.17) is 0 Å². The molecule has 38 heavy (non-hydrogen) atoms. The second kappa shape index (κ2) is 11.6. The zero-order valence-electron chi connectivity index (χ0n) is 20.8. The molecular formula is C30H26F6P2. The van der Waals surface area contributed by atoms with Crippen LogP contribution < -0.4 is 21.2 Å². The van der Waals surface area contributed by atoms with Crippen molar-refractivity contribution in [3.8, 4) is 0 Å². The second-order valence-electron chi connectivity index (χ2n) is 8.91. The SMILES string of the molecule is Cc1ccccc1P(CCP(c1ccccc1C(F)(F)F)c1ccccc1C(F)(F)F)c1ccccc1C. The Morgan fingerprint density at radius 2 is 0.737 bits per heavy atom. The fourth-order valence-corrected chi connectivity index (χ4v) is 10.7. The molecule has 0 unspecified atom stereocenters. The van der Waals surface area contributed by atoms with Gasteiger partial charge in [0.15, 0.2) is 0 Å². The summed E-state index contributed by atoms with van der Waals surface area (Å²) in [6, 6.07) is 25.8. The molecule has 0 saturated heterocycles. The topological polar surface area (TPSA) is 0 Å². The Labute approximate surface area is 221 Å². The highest BCUT2D eigenvalue weighted by atomic mass is 31.1. The van der Waals surface area contributed by atoms with Crippen molar-refractivity contribution in [1.82, 2.24) is 0 Å². The highest BCUT2D eigenvalue weighted by Crippen LogP contribution is 2.46. The van der Waals surface area contributed by atoms with E-state index >= 15 is 0 Å². The van der Waals surface area contributed by atoms with Crippen LogP contribution in [0.2, 0.25) is 0 Å². The molecule has 0 fully saturated rings. The van der Waals surface area contributed by atoms with E-state index in [0.717, 1.165) is 33.9 Å². The predicted octanol–water partition coefficient (Wildman–Crippen LogP) is 7.91. The van der Waals surface area contributed by atoms with E-state index in [0.29, 0.717) is 6.16 Å². The van der Waals surface area contributed by atoms with E-state index in [1.54, 1.807) is 0 Å². The van der Waals surface area contributed by atoms with Gasteiger partial charge in [-0.3, -0.25) is 0 Å². The van der Waals surface area contributed by atoms with Crippen molar-refractivity contribution < 1.29 is 26.3 Å². The Morgan fingerprint density at radius 3 is 1.08 bits per heavy atom. The van der Waals surface area contributed by atoms with Crippen LogP contribution in [-0.4, -0.2) is 12.3 Å². The minimum Gasteiger partial charge on any atom is -0.166 e. The summed E-state index contributed by atoms with van der Waals surface area (Å²) in [5.41, 5.74) is 0.355. The molecule has 0 aliphatic rings. The molecule has 8 heteroatoms. The van der Waals surface area contributed by atoms with Gasteiger partial charge in [0.25, 0.3) is 0 Å². The highest BCUT2D eigenvalue weighted by molar-refractivity contribution is 7.76. The molecule has 0 bridgehead atoms. The lowest BCUT2D eigenvalue weighted by Gasteiger charge is -2.28. The average Bonchev–Trinajstić information content (AvgIpc) is 2.87. The van der Waals surface area contributed by atoms with Crippen molar-refractivity contribution in [3.05, 3.63) is 119 Å². The number of benzene rings is 4. The molecule has 0 heterocycles. The van der Waals surface area contributed by atoms with Gasteiger partial charge in [0.05, 0.1) is 11.1 Å². The lowest BCUT2D eigenvalue weighted by molar-refractivity contribution is -0.137. The Balaban J connectivity index is 1.87. The molecule has 0 nitrogen and oxygen atoms in total. The van der Waals surface area contributed by atoms with Gasteiger partial charge in [0.2, 0.25) is 0 Å². The monoisotopic (exact) mass is 562 g/mol. The van der Waals surface area contributed by atoms with Crippen molar-refractivity contribution in [1.29, 1.82) is 0 Å². The van der Waals surface area contributed by atoms with Gasteiger partial charge in [0.1, 0.15) is 0 Å². The minimum atomic E-state index is -4.68. The van der Waals surface area contributed by atoms with Crippen LogP contribution in [0.3, 0.4) is 0 Å². The maximum absolute atomic E-state index is 14.1. The molecule has 0 atom stereocenters. The van der Waals surface area contributed by atoms with Gasteiger partial charge in [-0.1, -0.05) is 84.9 Å². The molecule has 0 aliphatic heterocycles. The van der Waals surface area contributed by atoms with Crippen LogP contribution in [0.4, 0.5) is 26.3 Å². The van der Waals surface area contributed by atoms with E-state index in [-0.39, 0.29) is 16.8 Å².